The molecule has 2 N–H and O–H groups in total. The van der Waals surface area contributed by atoms with Crippen LogP contribution in [0.5, 0.6) is 0 Å². The largest absolute Gasteiger partial charge is 0.368 e. The minimum absolute atomic E-state index is 0.0551. The van der Waals surface area contributed by atoms with Crippen LogP contribution in [-0.2, 0) is 29.4 Å². The zero-order valence-electron chi connectivity index (χ0n) is 42.8. The Bertz CT molecular complexity index is 3140. The Hall–Kier alpha value is -7.20. The average molecular weight is 1010 g/mol. The minimum atomic E-state index is -0.774. The second kappa shape index (κ2) is 19.8. The summed E-state index contributed by atoms with van der Waals surface area (Å²) in [5.41, 5.74) is 6.97. The highest BCUT2D eigenvalue weighted by Crippen LogP contribution is 2.52. The number of imide groups is 1. The van der Waals surface area contributed by atoms with Crippen LogP contribution in [0.3, 0.4) is 0 Å². The molecule has 3 aromatic carbocycles. The standard InChI is InChI=1S/C59H65FN10O5/c1-37(2)69-36-61-50-35-49(63-54(53(50)69)62-48-9-5-4-8-47(48)60)41-16-20-46-51(32-41)70(44-33-43(34-44)65-24-6-3-7-25-65)58(75)59(46)22-26-67(27-23-59)56(73)39-10-12-40(13-11-39)57(74)68-30-28-66(29-31-68)42-17-14-38(15-18-42)45-19-21-52(71)64-55(45)72/h4-5,8-12,14-18,20,32,35-37,40,43-45H,3,6-7,13,19,21-31,33-34H2,1-2H3,(H,62,63)(H,64,71,72)/t40?,43-,44+,45?. The molecule has 388 valence electrons. The Balaban J connectivity index is 0.727. The molecule has 2 aliphatic carbocycles. The van der Waals surface area contributed by atoms with Gasteiger partial charge in [0.15, 0.2) is 5.82 Å². The number of anilines is 4. The summed E-state index contributed by atoms with van der Waals surface area (Å²) in [6.07, 6.45) is 15.2. The zero-order valence-corrected chi connectivity index (χ0v) is 42.8. The van der Waals surface area contributed by atoms with Crippen molar-refractivity contribution in [2.45, 2.75) is 108 Å². The summed E-state index contributed by atoms with van der Waals surface area (Å²) in [5.74, 6) is -0.933. The van der Waals surface area contributed by atoms with Gasteiger partial charge in [-0.15, -0.1) is 0 Å². The van der Waals surface area contributed by atoms with Crippen molar-refractivity contribution in [3.63, 3.8) is 0 Å². The third-order valence-corrected chi connectivity index (χ3v) is 17.4. The Morgan fingerprint density at radius 3 is 2.31 bits per heavy atom. The van der Waals surface area contributed by atoms with Gasteiger partial charge in [-0.2, -0.15) is 0 Å². The number of fused-ring (bicyclic) bond motifs is 3. The summed E-state index contributed by atoms with van der Waals surface area (Å²) in [4.78, 5) is 88.0. The first kappa shape index (κ1) is 48.7. The van der Waals surface area contributed by atoms with Gasteiger partial charge >= 0.3 is 0 Å². The number of allylic oxidation sites excluding steroid dienone is 1. The zero-order chi connectivity index (χ0) is 51.5. The molecule has 5 fully saturated rings. The molecule has 15 nitrogen and oxygen atoms in total. The lowest BCUT2D eigenvalue weighted by Gasteiger charge is -2.48. The maximum absolute atomic E-state index is 15.3. The number of halogens is 1. The molecule has 5 aliphatic heterocycles. The number of nitrogens with one attached hydrogen (secondary N) is 2. The molecule has 0 radical (unpaired) electrons. The van der Waals surface area contributed by atoms with Crippen molar-refractivity contribution in [2.75, 3.05) is 67.5 Å². The molecule has 1 spiro atoms. The van der Waals surface area contributed by atoms with E-state index in [9.17, 15) is 19.2 Å². The Morgan fingerprint density at radius 1 is 0.840 bits per heavy atom. The van der Waals surface area contributed by atoms with Crippen LogP contribution in [0.15, 0.2) is 103 Å². The molecule has 2 unspecified atom stereocenters. The number of carbonyl (C=O) groups is 5. The molecular formula is C59H65FN10O5. The molecule has 7 aliphatic rings. The van der Waals surface area contributed by atoms with Gasteiger partial charge in [0.25, 0.3) is 5.91 Å². The number of imidazole rings is 1. The molecule has 16 heteroatoms. The van der Waals surface area contributed by atoms with E-state index in [-0.39, 0.29) is 59.3 Å². The molecule has 5 amide bonds. The van der Waals surface area contributed by atoms with Crippen molar-refractivity contribution in [3.8, 4) is 11.3 Å². The van der Waals surface area contributed by atoms with Gasteiger partial charge in [-0.25, -0.2) is 14.4 Å². The number of aromatic nitrogens is 3. The highest BCUT2D eigenvalue weighted by Gasteiger charge is 2.56. The smallest absolute Gasteiger partial charge is 0.253 e. The van der Waals surface area contributed by atoms with E-state index in [1.807, 2.05) is 69.0 Å². The number of amides is 5. The summed E-state index contributed by atoms with van der Waals surface area (Å²) in [5, 5.41) is 5.72. The van der Waals surface area contributed by atoms with E-state index in [2.05, 4.69) is 51.3 Å². The van der Waals surface area contributed by atoms with E-state index < -0.39 is 5.41 Å². The fourth-order valence-electron chi connectivity index (χ4n) is 12.9. The van der Waals surface area contributed by atoms with Gasteiger partial charge in [0.1, 0.15) is 11.3 Å². The lowest BCUT2D eigenvalue weighted by molar-refractivity contribution is -0.135. The molecule has 7 heterocycles. The number of carbonyl (C=O) groups excluding carboxylic acids is 5. The van der Waals surface area contributed by atoms with Crippen LogP contribution in [0.25, 0.3) is 22.3 Å². The monoisotopic (exact) mass is 1010 g/mol. The second-order valence-electron chi connectivity index (χ2n) is 22.0. The van der Waals surface area contributed by atoms with Crippen molar-refractivity contribution in [3.05, 3.63) is 120 Å². The summed E-state index contributed by atoms with van der Waals surface area (Å²) in [6, 6.07) is 23.4. The Kier molecular flexibility index (Phi) is 12.9. The SMILES string of the molecule is CC(C)n1cnc2cc(-c3ccc4c(c3)N([C@H]3C[C@@H](N5CCCCC5)C3)C(=O)C43CCN(C(=O)C4=CCC(C(=O)N5CCN(c6ccc(C7CCC(=O)NC7=O)cc6)CC5)C=C4)CC3)nc(Nc3ccccc3F)c21. The maximum Gasteiger partial charge on any atom is 0.253 e. The number of hydrogen-bond donors (Lipinski definition) is 2. The normalized spacial score (nSPS) is 23.9. The van der Waals surface area contributed by atoms with E-state index in [1.54, 1.807) is 24.5 Å². The quantitative estimate of drug-likeness (QED) is 0.131. The van der Waals surface area contributed by atoms with Crippen LogP contribution in [0.1, 0.15) is 101 Å². The fourth-order valence-corrected chi connectivity index (χ4v) is 12.9. The number of piperidine rings is 3. The molecule has 2 aromatic heterocycles. The Labute approximate surface area is 436 Å². The van der Waals surface area contributed by atoms with Crippen LogP contribution < -0.4 is 20.4 Å². The molecule has 1 saturated carbocycles. The highest BCUT2D eigenvalue weighted by molar-refractivity contribution is 6.10. The molecule has 4 saturated heterocycles. The van der Waals surface area contributed by atoms with Crippen molar-refractivity contribution in [2.24, 2.45) is 5.92 Å². The second-order valence-corrected chi connectivity index (χ2v) is 22.0. The van der Waals surface area contributed by atoms with Gasteiger partial charge < -0.3 is 34.4 Å². The van der Waals surface area contributed by atoms with Crippen molar-refractivity contribution >= 4 is 63.4 Å². The van der Waals surface area contributed by atoms with Crippen molar-refractivity contribution in [1.29, 1.82) is 0 Å². The Morgan fingerprint density at radius 2 is 1.60 bits per heavy atom. The summed E-state index contributed by atoms with van der Waals surface area (Å²) in [7, 11) is 0. The van der Waals surface area contributed by atoms with Gasteiger partial charge in [0.2, 0.25) is 23.6 Å². The summed E-state index contributed by atoms with van der Waals surface area (Å²) in [6.45, 7) is 9.75. The minimum Gasteiger partial charge on any atom is -0.368 e. The van der Waals surface area contributed by atoms with Crippen LogP contribution in [0.2, 0.25) is 0 Å². The number of nitrogens with zero attached hydrogens (tertiary/aromatic N) is 8. The van der Waals surface area contributed by atoms with E-state index in [1.165, 1.54) is 25.3 Å². The number of piperazine rings is 1. The number of likely N-dealkylation sites (tertiary alicyclic amines) is 2. The summed E-state index contributed by atoms with van der Waals surface area (Å²) < 4.78 is 17.1. The molecule has 12 rings (SSSR count). The third-order valence-electron chi connectivity index (χ3n) is 17.4. The van der Waals surface area contributed by atoms with Crippen LogP contribution in [-0.4, -0.2) is 123 Å². The van der Waals surface area contributed by atoms with Gasteiger partial charge in [0, 0.05) is 86.3 Å². The molecule has 5 aromatic rings. The van der Waals surface area contributed by atoms with Crippen molar-refractivity contribution < 1.29 is 28.4 Å². The van der Waals surface area contributed by atoms with Gasteiger partial charge in [-0.05, 0) is 126 Å². The first-order valence-corrected chi connectivity index (χ1v) is 27.2. The van der Waals surface area contributed by atoms with E-state index in [0.717, 1.165) is 65.0 Å². The van der Waals surface area contributed by atoms with E-state index in [4.69, 9.17) is 9.97 Å². The molecule has 2 atom stereocenters. The first-order chi connectivity index (χ1) is 36.4. The predicted octanol–water partition coefficient (Wildman–Crippen LogP) is 8.16. The number of para-hydroxylation sites is 1. The number of rotatable bonds is 10. The number of benzene rings is 3. The summed E-state index contributed by atoms with van der Waals surface area (Å²) >= 11 is 0. The third kappa shape index (κ3) is 8.97. The van der Waals surface area contributed by atoms with E-state index >= 15 is 9.18 Å². The van der Waals surface area contributed by atoms with Crippen LogP contribution in [0.4, 0.5) is 27.3 Å². The van der Waals surface area contributed by atoms with E-state index in [0.29, 0.717) is 100 Å². The van der Waals surface area contributed by atoms with Crippen molar-refractivity contribution in [1.82, 2.24) is 34.6 Å². The molecule has 75 heavy (non-hydrogen) atoms. The fraction of sp³-hybridized carbons (Fsp3) is 0.441. The first-order valence-electron chi connectivity index (χ1n) is 27.2. The van der Waals surface area contributed by atoms with Gasteiger partial charge in [-0.3, -0.25) is 29.3 Å². The maximum atomic E-state index is 15.3. The lowest BCUT2D eigenvalue weighted by Crippen LogP contribution is -2.58. The van der Waals surface area contributed by atoms with Gasteiger partial charge in [0.05, 0.1) is 40.5 Å². The molecule has 0 bridgehead atoms. The lowest BCUT2D eigenvalue weighted by atomic mass is 9.73. The van der Waals surface area contributed by atoms with Crippen LogP contribution in [0, 0.1) is 11.7 Å². The number of hydrogen-bond acceptors (Lipinski definition) is 10. The topological polar surface area (TPSA) is 156 Å². The number of pyridine rings is 1. The molecular weight excluding hydrogens is 948 g/mol. The predicted molar refractivity (Wildman–Crippen MR) is 286 cm³/mol. The van der Waals surface area contributed by atoms with Gasteiger partial charge in [-0.1, -0.05) is 61.0 Å². The average Bonchev–Trinajstić information content (AvgIpc) is 3.96. The highest BCUT2D eigenvalue weighted by atomic mass is 19.1. The van der Waals surface area contributed by atoms with Crippen LogP contribution >= 0.6 is 0 Å².